The summed E-state index contributed by atoms with van der Waals surface area (Å²) in [5.41, 5.74) is 3.52. The number of amides is 1. The highest BCUT2D eigenvalue weighted by Crippen LogP contribution is 2.29. The molecule has 1 amide bonds. The monoisotopic (exact) mass is 349 g/mol. The van der Waals surface area contributed by atoms with E-state index in [-0.39, 0.29) is 11.6 Å². The van der Waals surface area contributed by atoms with Crippen LogP contribution in [0, 0.1) is 22.7 Å². The molecule has 0 fully saturated rings. The van der Waals surface area contributed by atoms with E-state index in [1.165, 1.54) is 20.3 Å². The molecule has 8 heteroatoms. The summed E-state index contributed by atoms with van der Waals surface area (Å²) in [5.74, 6) is 0.696. The van der Waals surface area contributed by atoms with E-state index in [9.17, 15) is 4.79 Å². The third kappa shape index (κ3) is 4.49. The van der Waals surface area contributed by atoms with Gasteiger partial charge in [-0.1, -0.05) is 6.07 Å². The first kappa shape index (κ1) is 18.3. The number of nitrogens with one attached hydrogen (secondary N) is 2. The van der Waals surface area contributed by atoms with Crippen molar-refractivity contribution in [3.05, 3.63) is 48.0 Å². The molecule has 2 N–H and O–H groups in total. The molecule has 26 heavy (non-hydrogen) atoms. The standard InChI is InChI=1S/C18H15N5O3/c1-25-15-6-7-17(26-2)16(9-15)21-18(24)12-4-3-5-13(8-12)22-23-14(10-19)11-20/h3-9,22H,1-2H3,(H,21,24). The summed E-state index contributed by atoms with van der Waals surface area (Å²) < 4.78 is 10.4. The van der Waals surface area contributed by atoms with Crippen LogP contribution in [0.4, 0.5) is 11.4 Å². The quantitative estimate of drug-likeness (QED) is 0.611. The number of anilines is 2. The first-order valence-corrected chi connectivity index (χ1v) is 7.38. The Balaban J connectivity index is 2.21. The predicted molar refractivity (Wildman–Crippen MR) is 96.2 cm³/mol. The summed E-state index contributed by atoms with van der Waals surface area (Å²) in [6.45, 7) is 0. The predicted octanol–water partition coefficient (Wildman–Crippen LogP) is 2.77. The van der Waals surface area contributed by atoms with Crippen molar-refractivity contribution in [2.75, 3.05) is 25.0 Å². The molecule has 0 aliphatic carbocycles. The molecule has 0 aliphatic rings. The van der Waals surface area contributed by atoms with Gasteiger partial charge in [-0.2, -0.15) is 15.6 Å². The van der Waals surface area contributed by atoms with Crippen molar-refractivity contribution in [3.8, 4) is 23.6 Å². The molecule has 2 aromatic rings. The van der Waals surface area contributed by atoms with Crippen LogP contribution >= 0.6 is 0 Å². The van der Waals surface area contributed by atoms with Crippen molar-refractivity contribution < 1.29 is 14.3 Å². The second-order valence-corrected chi connectivity index (χ2v) is 4.90. The van der Waals surface area contributed by atoms with Gasteiger partial charge in [0.25, 0.3) is 5.91 Å². The lowest BCUT2D eigenvalue weighted by Gasteiger charge is -2.12. The van der Waals surface area contributed by atoms with E-state index in [2.05, 4.69) is 15.8 Å². The molecule has 0 bridgehead atoms. The molecule has 2 aromatic carbocycles. The Hall–Kier alpha value is -4.04. The highest BCUT2D eigenvalue weighted by molar-refractivity contribution is 6.10. The number of methoxy groups -OCH3 is 2. The van der Waals surface area contributed by atoms with Gasteiger partial charge < -0.3 is 14.8 Å². The van der Waals surface area contributed by atoms with Gasteiger partial charge in [-0.3, -0.25) is 10.2 Å². The van der Waals surface area contributed by atoms with Crippen LogP contribution < -0.4 is 20.2 Å². The first-order valence-electron chi connectivity index (χ1n) is 7.38. The number of ether oxygens (including phenoxy) is 2. The van der Waals surface area contributed by atoms with Gasteiger partial charge >= 0.3 is 0 Å². The molecular formula is C18H15N5O3. The van der Waals surface area contributed by atoms with Gasteiger partial charge in [0.15, 0.2) is 0 Å². The Labute approximate surface area is 150 Å². The third-order valence-corrected chi connectivity index (χ3v) is 3.29. The fraction of sp³-hybridized carbons (Fsp3) is 0.111. The van der Waals surface area contributed by atoms with Gasteiger partial charge in [0.2, 0.25) is 5.71 Å². The second kappa shape index (κ2) is 8.71. The number of hydrogen-bond donors (Lipinski definition) is 2. The van der Waals surface area contributed by atoms with E-state index in [0.717, 1.165) is 0 Å². The van der Waals surface area contributed by atoms with Crippen LogP contribution in [-0.4, -0.2) is 25.8 Å². The normalized spacial score (nSPS) is 9.23. The lowest BCUT2D eigenvalue weighted by Crippen LogP contribution is -2.13. The number of carbonyl (C=O) groups excluding carboxylic acids is 1. The molecular weight excluding hydrogens is 334 g/mol. The lowest BCUT2D eigenvalue weighted by molar-refractivity contribution is 0.102. The molecule has 0 aromatic heterocycles. The summed E-state index contributed by atoms with van der Waals surface area (Å²) in [6, 6.07) is 14.8. The summed E-state index contributed by atoms with van der Waals surface area (Å²) >= 11 is 0. The number of hydrazone groups is 1. The smallest absolute Gasteiger partial charge is 0.255 e. The highest BCUT2D eigenvalue weighted by atomic mass is 16.5. The van der Waals surface area contributed by atoms with Crippen molar-refractivity contribution in [1.29, 1.82) is 10.5 Å². The maximum Gasteiger partial charge on any atom is 0.255 e. The van der Waals surface area contributed by atoms with Gasteiger partial charge in [0.1, 0.15) is 23.6 Å². The highest BCUT2D eigenvalue weighted by Gasteiger charge is 2.11. The summed E-state index contributed by atoms with van der Waals surface area (Å²) in [6.07, 6.45) is 0. The molecule has 130 valence electrons. The molecule has 0 spiro atoms. The average Bonchev–Trinajstić information content (AvgIpc) is 2.68. The number of rotatable bonds is 6. The summed E-state index contributed by atoms with van der Waals surface area (Å²) in [7, 11) is 3.03. The van der Waals surface area contributed by atoms with Crippen molar-refractivity contribution in [2.24, 2.45) is 5.10 Å². The first-order chi connectivity index (χ1) is 12.6. The Morgan fingerprint density at radius 2 is 1.85 bits per heavy atom. The van der Waals surface area contributed by atoms with E-state index in [1.54, 1.807) is 48.5 Å². The summed E-state index contributed by atoms with van der Waals surface area (Å²) in [5, 5.41) is 23.7. The zero-order valence-corrected chi connectivity index (χ0v) is 14.1. The second-order valence-electron chi connectivity index (χ2n) is 4.90. The number of hydrogen-bond acceptors (Lipinski definition) is 7. The topological polar surface area (TPSA) is 120 Å². The van der Waals surface area contributed by atoms with Gasteiger partial charge in [-0.05, 0) is 30.3 Å². The minimum absolute atomic E-state index is 0.319. The third-order valence-electron chi connectivity index (χ3n) is 3.29. The maximum atomic E-state index is 12.5. The van der Waals surface area contributed by atoms with E-state index in [0.29, 0.717) is 28.4 Å². The fourth-order valence-corrected chi connectivity index (χ4v) is 2.03. The van der Waals surface area contributed by atoms with E-state index < -0.39 is 0 Å². The van der Waals surface area contributed by atoms with Crippen molar-refractivity contribution in [1.82, 2.24) is 0 Å². The van der Waals surface area contributed by atoms with Gasteiger partial charge in [-0.25, -0.2) is 0 Å². The molecule has 2 rings (SSSR count). The minimum atomic E-state index is -0.370. The zero-order chi connectivity index (χ0) is 18.9. The Morgan fingerprint density at radius 3 is 2.50 bits per heavy atom. The van der Waals surface area contributed by atoms with Crippen LogP contribution in [-0.2, 0) is 0 Å². The SMILES string of the molecule is COc1ccc(OC)c(NC(=O)c2cccc(NN=C(C#N)C#N)c2)c1. The van der Waals surface area contributed by atoms with Gasteiger partial charge in [0.05, 0.1) is 25.6 Å². The Morgan fingerprint density at radius 1 is 1.08 bits per heavy atom. The number of carbonyl (C=O) groups is 1. The van der Waals surface area contributed by atoms with Gasteiger partial charge in [-0.15, -0.1) is 0 Å². The van der Waals surface area contributed by atoms with Crippen LogP contribution in [0.3, 0.4) is 0 Å². The van der Waals surface area contributed by atoms with Crippen molar-refractivity contribution in [2.45, 2.75) is 0 Å². The van der Waals surface area contributed by atoms with E-state index in [1.807, 2.05) is 0 Å². The van der Waals surface area contributed by atoms with Crippen LogP contribution in [0.5, 0.6) is 11.5 Å². The van der Waals surface area contributed by atoms with Crippen LogP contribution in [0.1, 0.15) is 10.4 Å². The largest absolute Gasteiger partial charge is 0.497 e. The number of nitrogens with zero attached hydrogens (tertiary/aromatic N) is 3. The fourth-order valence-electron chi connectivity index (χ4n) is 2.03. The molecule has 0 aliphatic heterocycles. The summed E-state index contributed by atoms with van der Waals surface area (Å²) in [4.78, 5) is 12.5. The van der Waals surface area contributed by atoms with E-state index >= 15 is 0 Å². The molecule has 0 saturated heterocycles. The van der Waals surface area contributed by atoms with Crippen LogP contribution in [0.25, 0.3) is 0 Å². The Kier molecular flexibility index (Phi) is 6.13. The minimum Gasteiger partial charge on any atom is -0.497 e. The molecule has 0 radical (unpaired) electrons. The number of nitriles is 2. The van der Waals surface area contributed by atoms with Crippen LogP contribution in [0.15, 0.2) is 47.6 Å². The van der Waals surface area contributed by atoms with Crippen LogP contribution in [0.2, 0.25) is 0 Å². The zero-order valence-electron chi connectivity index (χ0n) is 14.1. The molecule has 0 unspecified atom stereocenters. The molecule has 0 atom stereocenters. The van der Waals surface area contributed by atoms with Gasteiger partial charge in [0, 0.05) is 11.6 Å². The molecule has 0 saturated carbocycles. The number of benzene rings is 2. The van der Waals surface area contributed by atoms with Crippen molar-refractivity contribution >= 4 is 23.0 Å². The van der Waals surface area contributed by atoms with Crippen molar-refractivity contribution in [3.63, 3.8) is 0 Å². The maximum absolute atomic E-state index is 12.5. The Bertz CT molecular complexity index is 909. The molecule has 8 nitrogen and oxygen atoms in total. The van der Waals surface area contributed by atoms with E-state index in [4.69, 9.17) is 20.0 Å². The lowest BCUT2D eigenvalue weighted by atomic mass is 10.2. The average molecular weight is 349 g/mol. The molecule has 0 heterocycles.